The zero-order valence-corrected chi connectivity index (χ0v) is 10.3. The summed E-state index contributed by atoms with van der Waals surface area (Å²) in [6.07, 6.45) is 2.26. The van der Waals surface area contributed by atoms with Crippen LogP contribution in [-0.4, -0.2) is 24.2 Å². The normalized spacial score (nSPS) is 20.1. The molecule has 1 fully saturated rings. The molecule has 15 heavy (non-hydrogen) atoms. The minimum Gasteiger partial charge on any atom is -0.381 e. The molecule has 1 aromatic heterocycles. The molecule has 0 aromatic carbocycles. The highest BCUT2D eigenvalue weighted by Crippen LogP contribution is 2.24. The van der Waals surface area contributed by atoms with Crippen molar-refractivity contribution in [2.45, 2.75) is 25.8 Å². The Morgan fingerprint density at radius 3 is 2.93 bits per heavy atom. The Morgan fingerprint density at radius 1 is 1.60 bits per heavy atom. The van der Waals surface area contributed by atoms with Gasteiger partial charge >= 0.3 is 0 Å². The van der Waals surface area contributed by atoms with Crippen LogP contribution in [0.15, 0.2) is 5.38 Å². The fraction of sp³-hybridized carbons (Fsp3) is 0.700. The molecule has 1 unspecified atom stereocenters. The fourth-order valence-electron chi connectivity index (χ4n) is 1.85. The van der Waals surface area contributed by atoms with Gasteiger partial charge in [0.2, 0.25) is 0 Å². The average Bonchev–Trinajstić information content (AvgIpc) is 2.65. The van der Waals surface area contributed by atoms with Crippen LogP contribution < -0.4 is 5.32 Å². The van der Waals surface area contributed by atoms with Crippen molar-refractivity contribution in [2.75, 3.05) is 18.5 Å². The van der Waals surface area contributed by atoms with Crippen molar-refractivity contribution in [3.05, 3.63) is 10.5 Å². The van der Waals surface area contributed by atoms with Crippen LogP contribution >= 0.6 is 22.9 Å². The zero-order chi connectivity index (χ0) is 10.7. The van der Waals surface area contributed by atoms with Crippen LogP contribution in [0.3, 0.4) is 0 Å². The van der Waals surface area contributed by atoms with Crippen LogP contribution in [0.4, 0.5) is 5.13 Å². The van der Waals surface area contributed by atoms with E-state index in [2.05, 4.69) is 17.2 Å². The summed E-state index contributed by atoms with van der Waals surface area (Å²) in [7, 11) is 0. The van der Waals surface area contributed by atoms with Gasteiger partial charge in [-0.05, 0) is 25.7 Å². The Morgan fingerprint density at radius 2 is 2.33 bits per heavy atom. The Balaban J connectivity index is 1.88. The summed E-state index contributed by atoms with van der Waals surface area (Å²) in [6.45, 7) is 3.97. The van der Waals surface area contributed by atoms with E-state index in [1.165, 1.54) is 0 Å². The van der Waals surface area contributed by atoms with Gasteiger partial charge in [-0.25, -0.2) is 4.98 Å². The van der Waals surface area contributed by atoms with Gasteiger partial charge in [0.05, 0.1) is 0 Å². The van der Waals surface area contributed by atoms with Crippen LogP contribution in [0, 0.1) is 5.92 Å². The number of nitrogens with one attached hydrogen (secondary N) is 1. The molecule has 1 aliphatic heterocycles. The molecule has 1 atom stereocenters. The van der Waals surface area contributed by atoms with Crippen LogP contribution in [0.2, 0.25) is 5.15 Å². The minimum absolute atomic E-state index is 0.441. The molecule has 84 valence electrons. The van der Waals surface area contributed by atoms with Crippen molar-refractivity contribution < 1.29 is 4.74 Å². The third-order valence-corrected chi connectivity index (χ3v) is 3.90. The van der Waals surface area contributed by atoms with Gasteiger partial charge in [-0.3, -0.25) is 0 Å². The summed E-state index contributed by atoms with van der Waals surface area (Å²) in [6, 6.07) is 0.441. The maximum Gasteiger partial charge on any atom is 0.184 e. The first kappa shape index (κ1) is 11.2. The number of nitrogens with zero attached hydrogens (tertiary/aromatic N) is 1. The number of halogens is 1. The first-order valence-electron chi connectivity index (χ1n) is 5.21. The van der Waals surface area contributed by atoms with Crippen LogP contribution in [-0.2, 0) is 4.74 Å². The highest BCUT2D eigenvalue weighted by Gasteiger charge is 2.20. The number of hydrogen-bond donors (Lipinski definition) is 1. The van der Waals surface area contributed by atoms with Crippen molar-refractivity contribution in [2.24, 2.45) is 5.92 Å². The summed E-state index contributed by atoms with van der Waals surface area (Å²) in [4.78, 5) is 4.19. The Labute approximate surface area is 98.8 Å². The molecule has 0 spiro atoms. The van der Waals surface area contributed by atoms with Gasteiger partial charge in [-0.2, -0.15) is 0 Å². The number of ether oxygens (including phenoxy) is 1. The molecule has 1 aromatic rings. The maximum absolute atomic E-state index is 5.77. The topological polar surface area (TPSA) is 34.2 Å². The van der Waals surface area contributed by atoms with E-state index in [0.29, 0.717) is 17.1 Å². The largest absolute Gasteiger partial charge is 0.381 e. The van der Waals surface area contributed by atoms with E-state index >= 15 is 0 Å². The molecule has 0 radical (unpaired) electrons. The second-order valence-corrected chi connectivity index (χ2v) is 5.10. The molecule has 2 heterocycles. The first-order valence-corrected chi connectivity index (χ1v) is 6.47. The predicted octanol–water partition coefficient (Wildman–Crippen LogP) is 3.02. The second-order valence-electron chi connectivity index (χ2n) is 3.86. The summed E-state index contributed by atoms with van der Waals surface area (Å²) in [5.41, 5.74) is 0. The van der Waals surface area contributed by atoms with E-state index < -0.39 is 0 Å². The smallest absolute Gasteiger partial charge is 0.184 e. The van der Waals surface area contributed by atoms with Crippen molar-refractivity contribution in [3.8, 4) is 0 Å². The number of rotatable bonds is 3. The predicted molar refractivity (Wildman–Crippen MR) is 63.8 cm³/mol. The second kappa shape index (κ2) is 5.14. The highest BCUT2D eigenvalue weighted by molar-refractivity contribution is 7.14. The molecule has 2 rings (SSSR count). The Kier molecular flexibility index (Phi) is 3.83. The van der Waals surface area contributed by atoms with Crippen molar-refractivity contribution in [1.82, 2.24) is 4.98 Å². The van der Waals surface area contributed by atoms with Gasteiger partial charge in [-0.15, -0.1) is 11.3 Å². The third-order valence-electron chi connectivity index (χ3n) is 2.80. The van der Waals surface area contributed by atoms with E-state index in [4.69, 9.17) is 16.3 Å². The average molecular weight is 247 g/mol. The minimum atomic E-state index is 0.441. The summed E-state index contributed by atoms with van der Waals surface area (Å²) in [5.74, 6) is 0.682. The van der Waals surface area contributed by atoms with E-state index in [1.54, 1.807) is 11.3 Å². The molecule has 1 saturated heterocycles. The third kappa shape index (κ3) is 3.06. The van der Waals surface area contributed by atoms with Crippen molar-refractivity contribution in [1.29, 1.82) is 0 Å². The van der Waals surface area contributed by atoms with Crippen molar-refractivity contribution in [3.63, 3.8) is 0 Å². The number of anilines is 1. The molecule has 0 saturated carbocycles. The summed E-state index contributed by atoms with van der Waals surface area (Å²) >= 11 is 7.33. The molecule has 3 nitrogen and oxygen atoms in total. The standard InChI is InChI=1S/C10H15ClN2OS/c1-7(8-2-4-14-5-3-8)12-10-13-9(11)6-15-10/h6-8H,2-5H2,1H3,(H,12,13). The molecule has 0 aliphatic carbocycles. The first-order chi connectivity index (χ1) is 7.25. The quantitative estimate of drug-likeness (QED) is 0.890. The molecule has 1 aliphatic rings. The lowest BCUT2D eigenvalue weighted by Gasteiger charge is -2.28. The number of thiazole rings is 1. The van der Waals surface area contributed by atoms with E-state index in [1.807, 2.05) is 5.38 Å². The van der Waals surface area contributed by atoms with Gasteiger partial charge < -0.3 is 10.1 Å². The fourth-order valence-corrected chi connectivity index (χ4v) is 2.78. The molecular formula is C10H15ClN2OS. The van der Waals surface area contributed by atoms with Crippen LogP contribution in [0.5, 0.6) is 0 Å². The summed E-state index contributed by atoms with van der Waals surface area (Å²) < 4.78 is 5.34. The van der Waals surface area contributed by atoms with Crippen LogP contribution in [0.1, 0.15) is 19.8 Å². The van der Waals surface area contributed by atoms with Gasteiger partial charge in [0.15, 0.2) is 5.13 Å². The van der Waals surface area contributed by atoms with Crippen molar-refractivity contribution >= 4 is 28.1 Å². The van der Waals surface area contributed by atoms with Gasteiger partial charge in [-0.1, -0.05) is 11.6 Å². The lowest BCUT2D eigenvalue weighted by Crippen LogP contribution is -2.30. The molecule has 0 amide bonds. The van der Waals surface area contributed by atoms with Gasteiger partial charge in [0, 0.05) is 24.6 Å². The number of aromatic nitrogens is 1. The highest BCUT2D eigenvalue weighted by atomic mass is 35.5. The van der Waals surface area contributed by atoms with E-state index in [9.17, 15) is 0 Å². The molecular weight excluding hydrogens is 232 g/mol. The van der Waals surface area contributed by atoms with E-state index in [0.717, 1.165) is 31.2 Å². The molecule has 1 N–H and O–H groups in total. The van der Waals surface area contributed by atoms with Gasteiger partial charge in [0.1, 0.15) is 5.15 Å². The lowest BCUT2D eigenvalue weighted by atomic mass is 9.93. The molecule has 0 bridgehead atoms. The molecule has 5 heteroatoms. The summed E-state index contributed by atoms with van der Waals surface area (Å²) in [5, 5.41) is 6.73. The lowest BCUT2D eigenvalue weighted by molar-refractivity contribution is 0.0622. The van der Waals surface area contributed by atoms with Gasteiger partial charge in [0.25, 0.3) is 0 Å². The zero-order valence-electron chi connectivity index (χ0n) is 8.70. The SMILES string of the molecule is CC(Nc1nc(Cl)cs1)C1CCOCC1. The monoisotopic (exact) mass is 246 g/mol. The Hall–Kier alpha value is -0.320. The van der Waals surface area contributed by atoms with Crippen LogP contribution in [0.25, 0.3) is 0 Å². The number of hydrogen-bond acceptors (Lipinski definition) is 4. The Bertz CT molecular complexity index is 312. The van der Waals surface area contributed by atoms with E-state index in [-0.39, 0.29) is 0 Å². The maximum atomic E-state index is 5.77.